The standard InChI is InChI=1S/C12H15ClO3/c1-3-16-12(14)7-4-9-8-10(15-2)5-6-11(9)13/h5-6,8H,3-4,7H2,1-2H3. The van der Waals surface area contributed by atoms with Crippen LogP contribution in [-0.4, -0.2) is 19.7 Å². The number of aryl methyl sites for hydroxylation is 1. The minimum Gasteiger partial charge on any atom is -0.497 e. The van der Waals surface area contributed by atoms with Crippen LogP contribution < -0.4 is 4.74 Å². The maximum Gasteiger partial charge on any atom is 0.306 e. The van der Waals surface area contributed by atoms with Gasteiger partial charge in [0.2, 0.25) is 0 Å². The SMILES string of the molecule is CCOC(=O)CCc1cc(OC)ccc1Cl. The van der Waals surface area contributed by atoms with Crippen LogP contribution >= 0.6 is 11.6 Å². The zero-order valence-corrected chi connectivity index (χ0v) is 10.2. The Morgan fingerprint density at radius 3 is 2.81 bits per heavy atom. The molecule has 0 aliphatic carbocycles. The Bertz CT molecular complexity index is 363. The fourth-order valence-corrected chi connectivity index (χ4v) is 1.55. The van der Waals surface area contributed by atoms with Crippen molar-refractivity contribution in [1.29, 1.82) is 0 Å². The molecule has 0 amide bonds. The van der Waals surface area contributed by atoms with E-state index in [2.05, 4.69) is 0 Å². The molecule has 0 heterocycles. The van der Waals surface area contributed by atoms with Gasteiger partial charge >= 0.3 is 5.97 Å². The van der Waals surface area contributed by atoms with Gasteiger partial charge in [-0.1, -0.05) is 11.6 Å². The summed E-state index contributed by atoms with van der Waals surface area (Å²) in [6.45, 7) is 2.20. The molecule has 0 unspecified atom stereocenters. The average molecular weight is 243 g/mol. The molecule has 0 aliphatic rings. The first kappa shape index (κ1) is 12.8. The first-order chi connectivity index (χ1) is 7.67. The zero-order valence-electron chi connectivity index (χ0n) is 9.46. The Morgan fingerprint density at radius 2 is 2.19 bits per heavy atom. The van der Waals surface area contributed by atoms with Gasteiger partial charge in [-0.3, -0.25) is 4.79 Å². The van der Waals surface area contributed by atoms with Crippen molar-refractivity contribution in [3.63, 3.8) is 0 Å². The minimum atomic E-state index is -0.207. The molecule has 0 saturated carbocycles. The van der Waals surface area contributed by atoms with E-state index in [4.69, 9.17) is 21.1 Å². The highest BCUT2D eigenvalue weighted by molar-refractivity contribution is 6.31. The molecule has 88 valence electrons. The first-order valence-corrected chi connectivity index (χ1v) is 5.53. The first-order valence-electron chi connectivity index (χ1n) is 5.15. The molecule has 0 aliphatic heterocycles. The average Bonchev–Trinajstić information content (AvgIpc) is 2.28. The number of carbonyl (C=O) groups is 1. The fraction of sp³-hybridized carbons (Fsp3) is 0.417. The molecule has 1 rings (SSSR count). The van der Waals surface area contributed by atoms with E-state index in [0.717, 1.165) is 11.3 Å². The summed E-state index contributed by atoms with van der Waals surface area (Å²) >= 11 is 6.01. The molecule has 0 bridgehead atoms. The topological polar surface area (TPSA) is 35.5 Å². The summed E-state index contributed by atoms with van der Waals surface area (Å²) in [5.41, 5.74) is 0.897. The second-order valence-electron chi connectivity index (χ2n) is 3.26. The largest absolute Gasteiger partial charge is 0.497 e. The van der Waals surface area contributed by atoms with E-state index in [0.29, 0.717) is 24.5 Å². The van der Waals surface area contributed by atoms with Gasteiger partial charge in [-0.05, 0) is 37.1 Å². The van der Waals surface area contributed by atoms with Crippen molar-refractivity contribution in [3.05, 3.63) is 28.8 Å². The number of benzene rings is 1. The third kappa shape index (κ3) is 3.74. The fourth-order valence-electron chi connectivity index (χ4n) is 1.34. The van der Waals surface area contributed by atoms with E-state index >= 15 is 0 Å². The van der Waals surface area contributed by atoms with Gasteiger partial charge in [0.25, 0.3) is 0 Å². The summed E-state index contributed by atoms with van der Waals surface area (Å²) < 4.78 is 9.94. The predicted octanol–water partition coefficient (Wildman–Crippen LogP) is 2.84. The van der Waals surface area contributed by atoms with E-state index in [1.54, 1.807) is 26.2 Å². The lowest BCUT2D eigenvalue weighted by atomic mass is 10.1. The molecular weight excluding hydrogens is 228 g/mol. The van der Waals surface area contributed by atoms with Crippen molar-refractivity contribution >= 4 is 17.6 Å². The predicted molar refractivity (Wildman–Crippen MR) is 63.0 cm³/mol. The molecule has 0 N–H and O–H groups in total. The quantitative estimate of drug-likeness (QED) is 0.745. The molecule has 1 aromatic rings. The molecule has 0 saturated heterocycles. The monoisotopic (exact) mass is 242 g/mol. The number of carbonyl (C=O) groups excluding carboxylic acids is 1. The van der Waals surface area contributed by atoms with Crippen LogP contribution in [0.1, 0.15) is 18.9 Å². The minimum absolute atomic E-state index is 0.207. The molecule has 0 atom stereocenters. The number of hydrogen-bond donors (Lipinski definition) is 0. The Hall–Kier alpha value is -1.22. The number of rotatable bonds is 5. The van der Waals surface area contributed by atoms with Crippen molar-refractivity contribution in [2.45, 2.75) is 19.8 Å². The number of hydrogen-bond acceptors (Lipinski definition) is 3. The van der Waals surface area contributed by atoms with Crippen LogP contribution in [0.2, 0.25) is 5.02 Å². The lowest BCUT2D eigenvalue weighted by molar-refractivity contribution is -0.143. The second-order valence-corrected chi connectivity index (χ2v) is 3.67. The summed E-state index contributed by atoms with van der Waals surface area (Å²) in [7, 11) is 1.60. The lowest BCUT2D eigenvalue weighted by Gasteiger charge is -2.06. The highest BCUT2D eigenvalue weighted by Gasteiger charge is 2.06. The van der Waals surface area contributed by atoms with E-state index in [1.165, 1.54) is 0 Å². The van der Waals surface area contributed by atoms with Crippen LogP contribution in [0.15, 0.2) is 18.2 Å². The highest BCUT2D eigenvalue weighted by Crippen LogP contribution is 2.23. The van der Waals surface area contributed by atoms with E-state index in [-0.39, 0.29) is 5.97 Å². The normalized spacial score (nSPS) is 9.94. The molecular formula is C12H15ClO3. The molecule has 4 heteroatoms. The molecule has 3 nitrogen and oxygen atoms in total. The number of halogens is 1. The molecule has 0 radical (unpaired) electrons. The van der Waals surface area contributed by atoms with Gasteiger partial charge < -0.3 is 9.47 Å². The van der Waals surface area contributed by atoms with Crippen LogP contribution in [0.4, 0.5) is 0 Å². The van der Waals surface area contributed by atoms with Gasteiger partial charge in [-0.2, -0.15) is 0 Å². The van der Waals surface area contributed by atoms with Gasteiger partial charge in [-0.15, -0.1) is 0 Å². The lowest BCUT2D eigenvalue weighted by Crippen LogP contribution is -2.05. The number of methoxy groups -OCH3 is 1. The maximum absolute atomic E-state index is 11.2. The molecule has 16 heavy (non-hydrogen) atoms. The van der Waals surface area contributed by atoms with Gasteiger partial charge in [0, 0.05) is 11.4 Å². The molecule has 0 fully saturated rings. The molecule has 0 aromatic heterocycles. The Morgan fingerprint density at radius 1 is 1.44 bits per heavy atom. The second kappa shape index (κ2) is 6.38. The Labute approximate surface area is 100 Å². The molecule has 0 spiro atoms. The Balaban J connectivity index is 2.62. The van der Waals surface area contributed by atoms with E-state index < -0.39 is 0 Å². The summed E-state index contributed by atoms with van der Waals surface area (Å²) in [6.07, 6.45) is 0.898. The smallest absolute Gasteiger partial charge is 0.306 e. The highest BCUT2D eigenvalue weighted by atomic mass is 35.5. The van der Waals surface area contributed by atoms with E-state index in [1.807, 2.05) is 6.07 Å². The number of ether oxygens (including phenoxy) is 2. The summed E-state index contributed by atoms with van der Waals surface area (Å²) in [5, 5.41) is 0.644. The summed E-state index contributed by atoms with van der Waals surface area (Å²) in [5.74, 6) is 0.532. The van der Waals surface area contributed by atoms with Gasteiger partial charge in [0.1, 0.15) is 5.75 Å². The third-order valence-corrected chi connectivity index (χ3v) is 2.53. The number of esters is 1. The third-order valence-electron chi connectivity index (χ3n) is 2.16. The van der Waals surface area contributed by atoms with Crippen molar-refractivity contribution in [3.8, 4) is 5.75 Å². The van der Waals surface area contributed by atoms with Gasteiger partial charge in [-0.25, -0.2) is 0 Å². The maximum atomic E-state index is 11.2. The van der Waals surface area contributed by atoms with Crippen LogP contribution in [0, 0.1) is 0 Å². The van der Waals surface area contributed by atoms with Crippen LogP contribution in [0.5, 0.6) is 5.75 Å². The van der Waals surface area contributed by atoms with Crippen LogP contribution in [-0.2, 0) is 16.0 Å². The zero-order chi connectivity index (χ0) is 12.0. The summed E-state index contributed by atoms with van der Waals surface area (Å²) in [6, 6.07) is 5.39. The van der Waals surface area contributed by atoms with Gasteiger partial charge in [0.05, 0.1) is 13.7 Å². The van der Waals surface area contributed by atoms with Crippen molar-refractivity contribution in [2.24, 2.45) is 0 Å². The van der Waals surface area contributed by atoms with Crippen LogP contribution in [0.25, 0.3) is 0 Å². The van der Waals surface area contributed by atoms with Crippen molar-refractivity contribution in [2.75, 3.05) is 13.7 Å². The van der Waals surface area contributed by atoms with Gasteiger partial charge in [0.15, 0.2) is 0 Å². The Kier molecular flexibility index (Phi) is 5.12. The van der Waals surface area contributed by atoms with Crippen molar-refractivity contribution in [1.82, 2.24) is 0 Å². The molecule has 1 aromatic carbocycles. The van der Waals surface area contributed by atoms with Crippen molar-refractivity contribution < 1.29 is 14.3 Å². The summed E-state index contributed by atoms with van der Waals surface area (Å²) in [4.78, 5) is 11.2. The van der Waals surface area contributed by atoms with E-state index in [9.17, 15) is 4.79 Å². The van der Waals surface area contributed by atoms with Crippen LogP contribution in [0.3, 0.4) is 0 Å².